The van der Waals surface area contributed by atoms with Crippen LogP contribution in [0.4, 0.5) is 5.69 Å². The zero-order valence-corrected chi connectivity index (χ0v) is 21.3. The average Bonchev–Trinajstić information content (AvgIpc) is 2.90. The van der Waals surface area contributed by atoms with Crippen LogP contribution < -0.4 is 20.3 Å². The Hall–Kier alpha value is -3.07. The topological polar surface area (TPSA) is 88.6 Å². The summed E-state index contributed by atoms with van der Waals surface area (Å²) in [5.74, 6) is 1.60. The van der Waals surface area contributed by atoms with Crippen molar-refractivity contribution < 1.29 is 14.3 Å². The summed E-state index contributed by atoms with van der Waals surface area (Å²) in [6.07, 6.45) is 8.34. The van der Waals surface area contributed by atoms with Crippen molar-refractivity contribution in [1.82, 2.24) is 20.6 Å². The molecule has 0 atom stereocenters. The maximum atomic E-state index is 10.6. The van der Waals surface area contributed by atoms with Gasteiger partial charge in [-0.25, -0.2) is 4.98 Å². The zero-order valence-electron chi connectivity index (χ0n) is 21.3. The number of benzene rings is 1. The van der Waals surface area contributed by atoms with Gasteiger partial charge in [-0.1, -0.05) is 12.5 Å². The number of aldehydes is 1. The third-order valence-corrected chi connectivity index (χ3v) is 6.71. The minimum absolute atomic E-state index is 0.619. The number of morpholine rings is 1. The Morgan fingerprint density at radius 1 is 1.14 bits per heavy atom. The highest BCUT2D eigenvalue weighted by Gasteiger charge is 2.16. The van der Waals surface area contributed by atoms with E-state index >= 15 is 0 Å². The summed E-state index contributed by atoms with van der Waals surface area (Å²) < 4.78 is 10.7. The molecule has 36 heavy (non-hydrogen) atoms. The van der Waals surface area contributed by atoms with E-state index in [4.69, 9.17) is 9.47 Å². The summed E-state index contributed by atoms with van der Waals surface area (Å²) in [7, 11) is 3.61. The van der Waals surface area contributed by atoms with Crippen LogP contribution in [0.25, 0.3) is 10.8 Å². The van der Waals surface area contributed by atoms with Gasteiger partial charge in [0, 0.05) is 43.3 Å². The fourth-order valence-electron chi connectivity index (χ4n) is 4.49. The normalized spacial score (nSPS) is 15.7. The molecule has 0 unspecified atom stereocenters. The first-order valence-corrected chi connectivity index (χ1v) is 12.7. The van der Waals surface area contributed by atoms with Gasteiger partial charge in [-0.15, -0.1) is 0 Å². The maximum Gasteiger partial charge on any atom is 0.221 e. The molecule has 2 fully saturated rings. The van der Waals surface area contributed by atoms with Gasteiger partial charge >= 0.3 is 0 Å². The minimum Gasteiger partial charge on any atom is -0.481 e. The van der Waals surface area contributed by atoms with Crippen molar-refractivity contribution in [2.24, 2.45) is 5.92 Å². The second-order valence-electron chi connectivity index (χ2n) is 9.33. The van der Waals surface area contributed by atoms with Crippen molar-refractivity contribution in [2.45, 2.75) is 32.4 Å². The monoisotopic (exact) mass is 491 g/mol. The highest BCUT2D eigenvalue weighted by molar-refractivity contribution is 5.87. The predicted molar refractivity (Wildman–Crippen MR) is 143 cm³/mol. The number of rotatable bonds is 9. The van der Waals surface area contributed by atoms with Gasteiger partial charge in [0.15, 0.2) is 6.29 Å². The number of anilines is 1. The van der Waals surface area contributed by atoms with E-state index in [1.807, 2.05) is 13.1 Å². The molecule has 1 aromatic carbocycles. The fourth-order valence-corrected chi connectivity index (χ4v) is 4.49. The number of pyridine rings is 2. The number of aromatic nitrogens is 2. The molecule has 192 valence electrons. The van der Waals surface area contributed by atoms with Gasteiger partial charge in [-0.3, -0.25) is 9.78 Å². The quantitative estimate of drug-likeness (QED) is 0.439. The summed E-state index contributed by atoms with van der Waals surface area (Å²) in [6, 6.07) is 10.5. The predicted octanol–water partition coefficient (Wildman–Crippen LogP) is 3.58. The van der Waals surface area contributed by atoms with Crippen molar-refractivity contribution in [1.29, 1.82) is 0 Å². The van der Waals surface area contributed by atoms with E-state index in [9.17, 15) is 4.79 Å². The maximum absolute atomic E-state index is 10.6. The fraction of sp³-hybridized carbons (Fsp3) is 0.464. The second-order valence-corrected chi connectivity index (χ2v) is 9.33. The van der Waals surface area contributed by atoms with Crippen molar-refractivity contribution >= 4 is 22.7 Å². The molecule has 0 bridgehead atoms. The molecule has 0 radical (unpaired) electrons. The van der Waals surface area contributed by atoms with Gasteiger partial charge in [0.1, 0.15) is 0 Å². The van der Waals surface area contributed by atoms with Crippen LogP contribution in [-0.4, -0.2) is 63.3 Å². The number of carbonyl (C=O) groups excluding carboxylic acids is 1. The van der Waals surface area contributed by atoms with Crippen molar-refractivity contribution in [3.63, 3.8) is 0 Å². The smallest absolute Gasteiger partial charge is 0.221 e. The van der Waals surface area contributed by atoms with E-state index in [2.05, 4.69) is 49.8 Å². The lowest BCUT2D eigenvalue weighted by molar-refractivity contribution is 0.112. The molecule has 1 saturated heterocycles. The van der Waals surface area contributed by atoms with E-state index in [1.165, 1.54) is 30.2 Å². The Labute approximate surface area is 213 Å². The third-order valence-electron chi connectivity index (χ3n) is 6.71. The molecule has 0 spiro atoms. The first-order chi connectivity index (χ1) is 17.7. The van der Waals surface area contributed by atoms with E-state index in [1.54, 1.807) is 19.5 Å². The largest absolute Gasteiger partial charge is 0.481 e. The molecule has 5 rings (SSSR count). The Kier molecular flexibility index (Phi) is 9.61. The van der Waals surface area contributed by atoms with E-state index < -0.39 is 0 Å². The van der Waals surface area contributed by atoms with Crippen LogP contribution in [0.15, 0.2) is 42.7 Å². The molecule has 1 saturated carbocycles. The lowest BCUT2D eigenvalue weighted by Gasteiger charge is -2.28. The van der Waals surface area contributed by atoms with Crippen LogP contribution in [0, 0.1) is 5.92 Å². The molecule has 3 aromatic rings. The average molecular weight is 492 g/mol. The number of hydrogen-bond acceptors (Lipinski definition) is 8. The van der Waals surface area contributed by atoms with Crippen LogP contribution in [0.3, 0.4) is 0 Å². The van der Waals surface area contributed by atoms with Crippen LogP contribution in [0.5, 0.6) is 5.88 Å². The van der Waals surface area contributed by atoms with Crippen LogP contribution in [0.1, 0.15) is 40.9 Å². The van der Waals surface area contributed by atoms with Gasteiger partial charge in [-0.2, -0.15) is 0 Å². The van der Waals surface area contributed by atoms with Crippen molar-refractivity contribution in [3.8, 4) is 5.88 Å². The Morgan fingerprint density at radius 2 is 1.97 bits per heavy atom. The molecule has 2 aliphatic rings. The number of fused-ring (bicyclic) bond motifs is 1. The SMILES string of the molecule is CNCc1cc2cc(CNCC3CCC3)ccc2c(OC)n1.O=Cc1cncc(N2CCOCC2)c1. The Balaban J connectivity index is 0.000000187. The van der Waals surface area contributed by atoms with Crippen molar-refractivity contribution in [2.75, 3.05) is 51.9 Å². The van der Waals surface area contributed by atoms with Gasteiger partial charge in [0.05, 0.1) is 37.9 Å². The van der Waals surface area contributed by atoms with Gasteiger partial charge in [0.25, 0.3) is 0 Å². The van der Waals surface area contributed by atoms with E-state index in [0.717, 1.165) is 74.9 Å². The molecule has 1 aliphatic heterocycles. The molecule has 2 N–H and O–H groups in total. The molecule has 2 aromatic heterocycles. The molecular weight excluding hydrogens is 454 g/mol. The molecule has 8 heteroatoms. The lowest BCUT2D eigenvalue weighted by Crippen LogP contribution is -2.36. The van der Waals surface area contributed by atoms with E-state index in [-0.39, 0.29) is 0 Å². The van der Waals surface area contributed by atoms with Gasteiger partial charge < -0.3 is 25.0 Å². The Bertz CT molecular complexity index is 1130. The number of nitrogens with zero attached hydrogens (tertiary/aromatic N) is 3. The number of nitrogens with one attached hydrogen (secondary N) is 2. The Morgan fingerprint density at radius 3 is 2.67 bits per heavy atom. The highest BCUT2D eigenvalue weighted by Crippen LogP contribution is 2.27. The minimum atomic E-state index is 0.619. The summed E-state index contributed by atoms with van der Waals surface area (Å²) in [6.45, 7) is 6.03. The van der Waals surface area contributed by atoms with Crippen molar-refractivity contribution in [3.05, 3.63) is 59.5 Å². The first-order valence-electron chi connectivity index (χ1n) is 12.7. The number of ether oxygens (including phenoxy) is 2. The van der Waals surface area contributed by atoms with E-state index in [0.29, 0.717) is 11.4 Å². The molecule has 3 heterocycles. The third kappa shape index (κ3) is 7.00. The van der Waals surface area contributed by atoms with Crippen LogP contribution >= 0.6 is 0 Å². The summed E-state index contributed by atoms with van der Waals surface area (Å²) >= 11 is 0. The number of methoxy groups -OCH3 is 1. The highest BCUT2D eigenvalue weighted by atomic mass is 16.5. The molecular formula is C28H37N5O3. The van der Waals surface area contributed by atoms with Gasteiger partial charge in [0.2, 0.25) is 5.88 Å². The van der Waals surface area contributed by atoms with Gasteiger partial charge in [-0.05, 0) is 67.6 Å². The molecule has 0 amide bonds. The zero-order chi connectivity index (χ0) is 25.2. The van der Waals surface area contributed by atoms with Crippen LogP contribution in [-0.2, 0) is 17.8 Å². The second kappa shape index (κ2) is 13.3. The standard InChI is InChI=1S/C18H25N3O.C10H12N2O2/c1-19-12-16-9-15-8-14(11-20-10-13-4-3-5-13)6-7-17(15)18(21-16)22-2;13-8-9-5-10(7-11-6-9)12-1-3-14-4-2-12/h6-9,13,19-20H,3-5,10-12H2,1-2H3;5-8H,1-4H2. The summed E-state index contributed by atoms with van der Waals surface area (Å²) in [4.78, 5) is 21.3. The molecule has 8 nitrogen and oxygen atoms in total. The summed E-state index contributed by atoms with van der Waals surface area (Å²) in [5, 5.41) is 8.99. The summed E-state index contributed by atoms with van der Waals surface area (Å²) in [5.41, 5.74) is 3.94. The van der Waals surface area contributed by atoms with Crippen LogP contribution in [0.2, 0.25) is 0 Å². The number of carbonyl (C=O) groups is 1. The lowest BCUT2D eigenvalue weighted by atomic mass is 9.85. The first kappa shape index (κ1) is 26.0. The molecule has 1 aliphatic carbocycles. The number of hydrogen-bond donors (Lipinski definition) is 2.